The van der Waals surface area contributed by atoms with Crippen molar-refractivity contribution in [3.8, 4) is 34.2 Å². The number of hydrogen-bond acceptors (Lipinski definition) is 3. The summed E-state index contributed by atoms with van der Waals surface area (Å²) in [5, 5.41) is 0. The largest absolute Gasteiger partial charge is 0.217 e. The van der Waals surface area contributed by atoms with Gasteiger partial charge in [-0.2, -0.15) is 0 Å². The van der Waals surface area contributed by atoms with Gasteiger partial charge in [-0.1, -0.05) is 0 Å². The van der Waals surface area contributed by atoms with Crippen LogP contribution in [0.4, 0.5) is 0 Å². The molecule has 0 aliphatic heterocycles. The van der Waals surface area contributed by atoms with Gasteiger partial charge in [0.1, 0.15) is 0 Å². The normalized spacial score (nSPS) is 10.5. The maximum absolute atomic E-state index is 4.63. The number of nitrogens with zero attached hydrogens (tertiary/aromatic N) is 3. The molecule has 6 nitrogen and oxygen atoms in total. The smallest absolute Gasteiger partial charge is 0.178 e. The van der Waals surface area contributed by atoms with Gasteiger partial charge in [-0.25, -0.2) is 29.9 Å². The van der Waals surface area contributed by atoms with Gasteiger partial charge in [0, 0.05) is 18.2 Å². The zero-order valence-corrected chi connectivity index (χ0v) is 12.8. The fraction of sp³-hybridized carbons (Fsp3) is 0. The minimum Gasteiger partial charge on any atom is -0.217 e. The number of H-pyrrole nitrogens is 3. The molecule has 24 heavy (non-hydrogen) atoms. The molecule has 4 aromatic heterocycles. The summed E-state index contributed by atoms with van der Waals surface area (Å²) in [7, 11) is 0. The first-order chi connectivity index (χ1) is 11.9. The Labute approximate surface area is 138 Å². The van der Waals surface area contributed by atoms with E-state index in [0.717, 1.165) is 16.7 Å². The Kier molecular flexibility index (Phi) is 3.69. The van der Waals surface area contributed by atoms with Gasteiger partial charge >= 0.3 is 0 Å². The average molecular weight is 315 g/mol. The quantitative estimate of drug-likeness (QED) is 0.572. The molecule has 0 unspecified atom stereocenters. The highest BCUT2D eigenvalue weighted by molar-refractivity contribution is 5.64. The molecule has 0 amide bonds. The lowest BCUT2D eigenvalue weighted by atomic mass is 10.2. The first-order valence-electron chi connectivity index (χ1n) is 7.56. The van der Waals surface area contributed by atoms with Crippen molar-refractivity contribution in [2.45, 2.75) is 0 Å². The summed E-state index contributed by atoms with van der Waals surface area (Å²) in [6.07, 6.45) is 11.2. The van der Waals surface area contributed by atoms with E-state index in [1.54, 1.807) is 0 Å². The number of rotatable bonds is 3. The predicted octanol–water partition coefficient (Wildman–Crippen LogP) is 1.31. The van der Waals surface area contributed by atoms with Gasteiger partial charge in [0.15, 0.2) is 54.7 Å². The number of aromatic nitrogens is 6. The molecule has 3 N–H and O–H groups in total. The molecule has 0 saturated carbocycles. The molecule has 0 aromatic carbocycles. The van der Waals surface area contributed by atoms with Crippen LogP contribution in [0, 0.1) is 0 Å². The molecule has 0 aliphatic carbocycles. The summed E-state index contributed by atoms with van der Waals surface area (Å²) in [4.78, 5) is 23.1. The van der Waals surface area contributed by atoms with Gasteiger partial charge in [-0.05, 0) is 18.2 Å². The number of hydrogen-bond donors (Lipinski definition) is 0. The van der Waals surface area contributed by atoms with E-state index in [4.69, 9.17) is 0 Å². The van der Waals surface area contributed by atoms with Crippen molar-refractivity contribution in [1.82, 2.24) is 15.0 Å². The van der Waals surface area contributed by atoms with E-state index >= 15 is 0 Å². The molecule has 0 atom stereocenters. The average Bonchev–Trinajstić information content (AvgIpc) is 2.70. The Balaban J connectivity index is 1.92. The molecule has 4 rings (SSSR count). The third-order valence-corrected chi connectivity index (χ3v) is 3.53. The predicted molar refractivity (Wildman–Crippen MR) is 85.8 cm³/mol. The maximum atomic E-state index is 4.63. The highest BCUT2D eigenvalue weighted by atomic mass is 15.0. The van der Waals surface area contributed by atoms with Crippen molar-refractivity contribution in [2.75, 3.05) is 0 Å². The third kappa shape index (κ3) is 2.85. The zero-order valence-electron chi connectivity index (χ0n) is 12.8. The monoisotopic (exact) mass is 315 g/mol. The van der Waals surface area contributed by atoms with Crippen LogP contribution in [0.25, 0.3) is 34.2 Å². The molecular weight excluding hydrogens is 300 g/mol. The fourth-order valence-corrected chi connectivity index (χ4v) is 2.36. The molecule has 4 heterocycles. The van der Waals surface area contributed by atoms with Crippen LogP contribution in [0.1, 0.15) is 0 Å². The van der Waals surface area contributed by atoms with Crippen molar-refractivity contribution in [3.63, 3.8) is 0 Å². The first kappa shape index (κ1) is 14.1. The Morgan fingerprint density at radius 3 is 1.08 bits per heavy atom. The van der Waals surface area contributed by atoms with Gasteiger partial charge in [-0.15, -0.1) is 0 Å². The topological polar surface area (TPSA) is 81.1 Å². The Morgan fingerprint density at radius 1 is 0.500 bits per heavy atom. The third-order valence-electron chi connectivity index (χ3n) is 3.53. The molecule has 0 aliphatic rings. The van der Waals surface area contributed by atoms with Crippen molar-refractivity contribution >= 4 is 0 Å². The molecular formula is C18H15N6+3. The minimum absolute atomic E-state index is 0.625. The highest BCUT2D eigenvalue weighted by Gasteiger charge is 2.14. The second-order valence-corrected chi connectivity index (χ2v) is 5.18. The number of aromatic amines is 3. The summed E-state index contributed by atoms with van der Waals surface area (Å²) in [5.74, 6) is 1.87. The molecule has 0 radical (unpaired) electrons. The van der Waals surface area contributed by atoms with Crippen LogP contribution in [-0.2, 0) is 0 Å². The van der Waals surface area contributed by atoms with E-state index < -0.39 is 0 Å². The summed E-state index contributed by atoms with van der Waals surface area (Å²) >= 11 is 0. The lowest BCUT2D eigenvalue weighted by molar-refractivity contribution is -0.377. The molecule has 114 valence electrons. The van der Waals surface area contributed by atoms with E-state index in [2.05, 4.69) is 29.9 Å². The van der Waals surface area contributed by atoms with Gasteiger partial charge in [0.25, 0.3) is 0 Å². The summed E-state index contributed by atoms with van der Waals surface area (Å²) in [6.45, 7) is 0. The Hall–Kier alpha value is -3.54. The minimum atomic E-state index is 0.625. The standard InChI is InChI=1S/C18H12N6/c1-4-13(10-19-7-1)16-22-17(14-5-2-8-20-11-14)24-18(23-16)15-6-3-9-21-12-15/h1-12H/p+3. The van der Waals surface area contributed by atoms with Crippen LogP contribution < -0.4 is 15.0 Å². The molecule has 0 bridgehead atoms. The van der Waals surface area contributed by atoms with E-state index in [1.165, 1.54) is 0 Å². The number of pyridine rings is 3. The van der Waals surface area contributed by atoms with E-state index in [0.29, 0.717) is 17.5 Å². The van der Waals surface area contributed by atoms with Crippen LogP contribution in [0.5, 0.6) is 0 Å². The second-order valence-electron chi connectivity index (χ2n) is 5.18. The molecule has 4 aromatic rings. The Bertz CT molecular complexity index is 803. The highest BCUT2D eigenvalue weighted by Crippen LogP contribution is 2.22. The SMILES string of the molecule is c1c[nH+]cc(-c2nc(-c3ccc[nH+]c3)nc(-c3ccc[nH+]c3)n2)c1. The molecule has 0 saturated heterocycles. The van der Waals surface area contributed by atoms with Crippen molar-refractivity contribution < 1.29 is 15.0 Å². The van der Waals surface area contributed by atoms with Crippen LogP contribution in [0.15, 0.2) is 73.6 Å². The number of nitrogens with one attached hydrogen (secondary N) is 3. The van der Waals surface area contributed by atoms with Gasteiger partial charge in [0.05, 0.1) is 16.7 Å². The summed E-state index contributed by atoms with van der Waals surface area (Å²) in [5.41, 5.74) is 2.71. The fourth-order valence-electron chi connectivity index (χ4n) is 2.36. The van der Waals surface area contributed by atoms with Crippen LogP contribution in [-0.4, -0.2) is 15.0 Å². The maximum Gasteiger partial charge on any atom is 0.178 e. The Morgan fingerprint density at radius 2 is 0.833 bits per heavy atom. The zero-order chi connectivity index (χ0) is 16.2. The van der Waals surface area contributed by atoms with Crippen LogP contribution in [0.2, 0.25) is 0 Å². The van der Waals surface area contributed by atoms with E-state index in [9.17, 15) is 0 Å². The van der Waals surface area contributed by atoms with Crippen LogP contribution in [0.3, 0.4) is 0 Å². The summed E-state index contributed by atoms with van der Waals surface area (Å²) < 4.78 is 0. The van der Waals surface area contributed by atoms with Crippen molar-refractivity contribution in [1.29, 1.82) is 0 Å². The molecule has 0 spiro atoms. The lowest BCUT2D eigenvalue weighted by Crippen LogP contribution is -2.06. The van der Waals surface area contributed by atoms with E-state index in [1.807, 2.05) is 73.6 Å². The van der Waals surface area contributed by atoms with Gasteiger partial charge in [-0.3, -0.25) is 0 Å². The van der Waals surface area contributed by atoms with E-state index in [-0.39, 0.29) is 0 Å². The van der Waals surface area contributed by atoms with Crippen molar-refractivity contribution in [2.24, 2.45) is 0 Å². The second kappa shape index (κ2) is 6.29. The van der Waals surface area contributed by atoms with Gasteiger partial charge in [0.2, 0.25) is 0 Å². The first-order valence-corrected chi connectivity index (χ1v) is 7.56. The van der Waals surface area contributed by atoms with Gasteiger partial charge < -0.3 is 0 Å². The lowest BCUT2D eigenvalue weighted by Gasteiger charge is -2.05. The summed E-state index contributed by atoms with van der Waals surface area (Å²) in [6, 6.07) is 11.7. The molecule has 0 fully saturated rings. The molecule has 6 heteroatoms. The van der Waals surface area contributed by atoms with Crippen molar-refractivity contribution in [3.05, 3.63) is 73.6 Å². The van der Waals surface area contributed by atoms with Crippen LogP contribution >= 0.6 is 0 Å².